The van der Waals surface area contributed by atoms with Gasteiger partial charge in [0.25, 0.3) is 5.91 Å². The molecule has 0 radical (unpaired) electrons. The molecule has 1 aromatic heterocycles. The van der Waals surface area contributed by atoms with Crippen molar-refractivity contribution in [3.63, 3.8) is 0 Å². The summed E-state index contributed by atoms with van der Waals surface area (Å²) in [5.74, 6) is 1.19. The number of fused-ring (bicyclic) bond motifs is 1. The highest BCUT2D eigenvalue weighted by atomic mass is 16.5. The largest absolute Gasteiger partial charge is 0.491 e. The molecular formula is C14H11NO4. The third-order valence-electron chi connectivity index (χ3n) is 2.90. The molecule has 2 heterocycles. The van der Waals surface area contributed by atoms with Crippen LogP contribution in [0.1, 0.15) is 20.9 Å². The van der Waals surface area contributed by atoms with Gasteiger partial charge >= 0.3 is 0 Å². The molecule has 5 heteroatoms. The Hall–Kier alpha value is -2.56. The zero-order valence-corrected chi connectivity index (χ0v) is 10.0. The van der Waals surface area contributed by atoms with Gasteiger partial charge in [-0.25, -0.2) is 0 Å². The molecule has 0 bridgehead atoms. The van der Waals surface area contributed by atoms with Gasteiger partial charge in [0, 0.05) is 5.56 Å². The molecule has 3 rings (SSSR count). The van der Waals surface area contributed by atoms with Gasteiger partial charge in [0.15, 0.2) is 12.0 Å². The number of nitrogens with one attached hydrogen (secondary N) is 1. The summed E-state index contributed by atoms with van der Waals surface area (Å²) in [6, 6.07) is 8.51. The van der Waals surface area contributed by atoms with E-state index in [2.05, 4.69) is 5.32 Å². The molecule has 0 unspecified atom stereocenters. The van der Waals surface area contributed by atoms with Crippen molar-refractivity contribution in [2.45, 2.75) is 0 Å². The zero-order valence-electron chi connectivity index (χ0n) is 10.0. The molecule has 1 aromatic carbocycles. The van der Waals surface area contributed by atoms with Crippen molar-refractivity contribution in [1.29, 1.82) is 0 Å². The second-order valence-corrected chi connectivity index (χ2v) is 4.14. The first-order valence-corrected chi connectivity index (χ1v) is 5.88. The Bertz CT molecular complexity index is 645. The van der Waals surface area contributed by atoms with Gasteiger partial charge in [-0.05, 0) is 30.3 Å². The Labute approximate surface area is 109 Å². The van der Waals surface area contributed by atoms with Crippen LogP contribution in [0.2, 0.25) is 0 Å². The summed E-state index contributed by atoms with van der Waals surface area (Å²) in [4.78, 5) is 22.5. The first kappa shape index (κ1) is 11.5. The second kappa shape index (κ2) is 4.61. The fraction of sp³-hybridized carbons (Fsp3) is 0.143. The summed E-state index contributed by atoms with van der Waals surface area (Å²) < 4.78 is 10.8. The molecule has 0 saturated heterocycles. The monoisotopic (exact) mass is 257 g/mol. The SMILES string of the molecule is O=Cc1ccc(-c2ccc3c(c2)C(=O)NCCO3)o1. The lowest BCUT2D eigenvalue weighted by atomic mass is 10.1. The van der Waals surface area contributed by atoms with Crippen LogP contribution in [0.3, 0.4) is 0 Å². The highest BCUT2D eigenvalue weighted by Gasteiger charge is 2.17. The van der Waals surface area contributed by atoms with Gasteiger partial charge in [0.1, 0.15) is 18.1 Å². The molecule has 1 aliphatic heterocycles. The summed E-state index contributed by atoms with van der Waals surface area (Å²) in [6.07, 6.45) is 0.642. The summed E-state index contributed by atoms with van der Waals surface area (Å²) in [6.45, 7) is 0.938. The van der Waals surface area contributed by atoms with Gasteiger partial charge in [-0.1, -0.05) is 0 Å². The van der Waals surface area contributed by atoms with E-state index >= 15 is 0 Å². The Morgan fingerprint density at radius 3 is 2.89 bits per heavy atom. The Morgan fingerprint density at radius 1 is 1.21 bits per heavy atom. The van der Waals surface area contributed by atoms with Crippen LogP contribution in [-0.4, -0.2) is 25.3 Å². The molecule has 1 N–H and O–H groups in total. The van der Waals surface area contributed by atoms with E-state index in [1.807, 2.05) is 0 Å². The predicted molar refractivity (Wildman–Crippen MR) is 67.4 cm³/mol. The number of carbonyl (C=O) groups excluding carboxylic acids is 2. The van der Waals surface area contributed by atoms with Crippen molar-refractivity contribution in [1.82, 2.24) is 5.32 Å². The van der Waals surface area contributed by atoms with E-state index in [-0.39, 0.29) is 11.7 Å². The van der Waals surface area contributed by atoms with Gasteiger partial charge in [0.05, 0.1) is 12.1 Å². The number of hydrogen-bond donors (Lipinski definition) is 1. The van der Waals surface area contributed by atoms with Crippen molar-refractivity contribution >= 4 is 12.2 Å². The number of carbonyl (C=O) groups is 2. The summed E-state index contributed by atoms with van der Waals surface area (Å²) in [5, 5.41) is 2.75. The maximum absolute atomic E-state index is 11.9. The number of hydrogen-bond acceptors (Lipinski definition) is 4. The van der Waals surface area contributed by atoms with Gasteiger partial charge < -0.3 is 14.5 Å². The molecule has 96 valence electrons. The lowest BCUT2D eigenvalue weighted by Crippen LogP contribution is -2.24. The van der Waals surface area contributed by atoms with Crippen molar-refractivity contribution in [3.8, 4) is 17.1 Å². The lowest BCUT2D eigenvalue weighted by molar-refractivity contribution is 0.0956. The molecule has 0 saturated carbocycles. The van der Waals surface area contributed by atoms with E-state index in [4.69, 9.17) is 9.15 Å². The average molecular weight is 257 g/mol. The fourth-order valence-corrected chi connectivity index (χ4v) is 1.98. The van der Waals surface area contributed by atoms with E-state index < -0.39 is 0 Å². The van der Waals surface area contributed by atoms with Crippen LogP contribution in [0.25, 0.3) is 11.3 Å². The standard InChI is InChI=1S/C14H11NO4/c16-8-10-2-4-12(19-10)9-1-3-13-11(7-9)14(17)15-5-6-18-13/h1-4,7-8H,5-6H2,(H,15,17). The van der Waals surface area contributed by atoms with E-state index in [0.717, 1.165) is 5.56 Å². The third kappa shape index (κ3) is 2.10. The molecule has 2 aromatic rings. The number of ether oxygens (including phenoxy) is 1. The minimum Gasteiger partial charge on any atom is -0.491 e. The number of aldehydes is 1. The van der Waals surface area contributed by atoms with E-state index in [9.17, 15) is 9.59 Å². The van der Waals surface area contributed by atoms with Gasteiger partial charge in [-0.2, -0.15) is 0 Å². The minimum absolute atomic E-state index is 0.170. The maximum Gasteiger partial charge on any atom is 0.255 e. The van der Waals surface area contributed by atoms with E-state index in [1.54, 1.807) is 30.3 Å². The van der Waals surface area contributed by atoms with Crippen LogP contribution in [0.4, 0.5) is 0 Å². The smallest absolute Gasteiger partial charge is 0.255 e. The third-order valence-corrected chi connectivity index (χ3v) is 2.90. The van der Waals surface area contributed by atoms with E-state index in [1.165, 1.54) is 0 Å². The van der Waals surface area contributed by atoms with Crippen molar-refractivity contribution < 1.29 is 18.7 Å². The molecule has 0 fully saturated rings. The topological polar surface area (TPSA) is 68.5 Å². The van der Waals surface area contributed by atoms with Gasteiger partial charge in [-0.3, -0.25) is 9.59 Å². The highest BCUT2D eigenvalue weighted by Crippen LogP contribution is 2.28. The first-order chi connectivity index (χ1) is 9.28. The van der Waals surface area contributed by atoms with Crippen LogP contribution in [0.15, 0.2) is 34.7 Å². The van der Waals surface area contributed by atoms with Crippen molar-refractivity contribution in [2.24, 2.45) is 0 Å². The number of benzene rings is 1. The number of furan rings is 1. The minimum atomic E-state index is -0.170. The molecule has 0 spiro atoms. The highest BCUT2D eigenvalue weighted by molar-refractivity contribution is 5.98. The van der Waals surface area contributed by atoms with Crippen LogP contribution in [-0.2, 0) is 0 Å². The molecule has 5 nitrogen and oxygen atoms in total. The molecule has 19 heavy (non-hydrogen) atoms. The van der Waals surface area contributed by atoms with Gasteiger partial charge in [0.2, 0.25) is 0 Å². The summed E-state index contributed by atoms with van der Waals surface area (Å²) >= 11 is 0. The Morgan fingerprint density at radius 2 is 2.11 bits per heavy atom. The van der Waals surface area contributed by atoms with Crippen molar-refractivity contribution in [3.05, 3.63) is 41.7 Å². The van der Waals surface area contributed by atoms with Gasteiger partial charge in [-0.15, -0.1) is 0 Å². The quantitative estimate of drug-likeness (QED) is 0.834. The number of amides is 1. The normalized spacial score (nSPS) is 14.0. The first-order valence-electron chi connectivity index (χ1n) is 5.88. The average Bonchev–Trinajstić information content (AvgIpc) is 2.85. The lowest BCUT2D eigenvalue weighted by Gasteiger charge is -2.06. The Kier molecular flexibility index (Phi) is 2.79. The summed E-state index contributed by atoms with van der Waals surface area (Å²) in [7, 11) is 0. The van der Waals surface area contributed by atoms with E-state index in [0.29, 0.717) is 36.5 Å². The zero-order chi connectivity index (χ0) is 13.2. The fourth-order valence-electron chi connectivity index (χ4n) is 1.98. The Balaban J connectivity index is 2.04. The molecule has 0 aliphatic carbocycles. The summed E-state index contributed by atoms with van der Waals surface area (Å²) in [5.41, 5.74) is 1.20. The maximum atomic E-state index is 11.9. The second-order valence-electron chi connectivity index (χ2n) is 4.14. The molecule has 0 atom stereocenters. The van der Waals surface area contributed by atoms with Crippen LogP contribution in [0.5, 0.6) is 5.75 Å². The molecule has 1 amide bonds. The van der Waals surface area contributed by atoms with Crippen molar-refractivity contribution in [2.75, 3.05) is 13.2 Å². The predicted octanol–water partition coefficient (Wildman–Crippen LogP) is 1.88. The number of rotatable bonds is 2. The van der Waals surface area contributed by atoms with Crippen LogP contribution >= 0.6 is 0 Å². The molecule has 1 aliphatic rings. The van der Waals surface area contributed by atoms with Crippen LogP contribution < -0.4 is 10.1 Å². The molecular weight excluding hydrogens is 246 g/mol. The van der Waals surface area contributed by atoms with Crippen LogP contribution in [0, 0.1) is 0 Å².